The number of rotatable bonds is 4. The smallest absolute Gasteiger partial charge is 0.239 e. The zero-order valence-electron chi connectivity index (χ0n) is 15.4. The lowest BCUT2D eigenvalue weighted by molar-refractivity contribution is -0.146. The topological polar surface area (TPSA) is 83.6 Å². The van der Waals surface area contributed by atoms with Crippen LogP contribution in [0, 0.1) is 19.3 Å². The van der Waals surface area contributed by atoms with Gasteiger partial charge in [-0.3, -0.25) is 9.59 Å². The Morgan fingerprint density at radius 2 is 1.88 bits per heavy atom. The summed E-state index contributed by atoms with van der Waals surface area (Å²) in [5.41, 5.74) is 1.39. The van der Waals surface area contributed by atoms with Crippen molar-refractivity contribution in [2.24, 2.45) is 5.41 Å². The minimum Gasteiger partial charge on any atom is -0.341 e. The molecular formula is C18H26N2O4S. The average molecular weight is 366 g/mol. The normalized spacial score (nSPS) is 19.5. The molecule has 6 nitrogen and oxygen atoms in total. The number of hydrogen-bond donors (Lipinski definition) is 1. The maximum absolute atomic E-state index is 12.8. The zero-order valence-corrected chi connectivity index (χ0v) is 16.2. The van der Waals surface area contributed by atoms with Crippen LogP contribution in [0.1, 0.15) is 31.4 Å². The van der Waals surface area contributed by atoms with Crippen molar-refractivity contribution in [3.05, 3.63) is 29.3 Å². The Hall–Kier alpha value is -1.89. The third-order valence-corrected chi connectivity index (χ3v) is 6.56. The van der Waals surface area contributed by atoms with E-state index in [1.165, 1.54) is 4.90 Å². The van der Waals surface area contributed by atoms with Gasteiger partial charge in [-0.15, -0.1) is 0 Å². The second-order valence-corrected chi connectivity index (χ2v) is 9.60. The fraction of sp³-hybridized carbons (Fsp3) is 0.556. The molecule has 0 bridgehead atoms. The van der Waals surface area contributed by atoms with E-state index in [4.69, 9.17) is 0 Å². The van der Waals surface area contributed by atoms with Gasteiger partial charge in [0, 0.05) is 18.8 Å². The first-order chi connectivity index (χ1) is 11.4. The molecular weight excluding hydrogens is 340 g/mol. The second kappa shape index (κ2) is 6.78. The van der Waals surface area contributed by atoms with Crippen LogP contribution < -0.4 is 5.32 Å². The summed E-state index contributed by atoms with van der Waals surface area (Å²) in [6.45, 7) is 6.99. The Labute approximate surface area is 149 Å². The molecule has 1 fully saturated rings. The molecule has 1 aliphatic heterocycles. The number of aryl methyl sites for hydroxylation is 2. The van der Waals surface area contributed by atoms with E-state index in [-0.39, 0.29) is 23.5 Å². The van der Waals surface area contributed by atoms with Crippen molar-refractivity contribution >= 4 is 27.3 Å². The van der Waals surface area contributed by atoms with Crippen molar-refractivity contribution in [2.75, 3.05) is 23.9 Å². The van der Waals surface area contributed by atoms with Crippen molar-refractivity contribution in [2.45, 2.75) is 40.2 Å². The van der Waals surface area contributed by atoms with Gasteiger partial charge in [-0.1, -0.05) is 17.7 Å². The van der Waals surface area contributed by atoms with E-state index in [0.29, 0.717) is 12.1 Å². The molecule has 0 radical (unpaired) electrons. The molecule has 0 saturated carbocycles. The molecule has 7 heteroatoms. The van der Waals surface area contributed by atoms with Gasteiger partial charge < -0.3 is 10.2 Å². The molecule has 1 aromatic carbocycles. The molecule has 1 aliphatic rings. The van der Waals surface area contributed by atoms with E-state index in [9.17, 15) is 18.0 Å². The summed E-state index contributed by atoms with van der Waals surface area (Å²) in [5.74, 6) is -0.733. The van der Waals surface area contributed by atoms with E-state index in [1.54, 1.807) is 20.9 Å². The van der Waals surface area contributed by atoms with Crippen LogP contribution in [0.25, 0.3) is 0 Å². The number of amides is 2. The van der Waals surface area contributed by atoms with Gasteiger partial charge in [-0.25, -0.2) is 8.42 Å². The van der Waals surface area contributed by atoms with Gasteiger partial charge in [0.15, 0.2) is 9.84 Å². The molecule has 1 atom stereocenters. The molecule has 1 unspecified atom stereocenters. The minimum absolute atomic E-state index is 0.0377. The first-order valence-corrected chi connectivity index (χ1v) is 10.1. The van der Waals surface area contributed by atoms with E-state index in [2.05, 4.69) is 5.32 Å². The van der Waals surface area contributed by atoms with Gasteiger partial charge in [0.05, 0.1) is 11.5 Å². The first-order valence-electron chi connectivity index (χ1n) is 8.30. The van der Waals surface area contributed by atoms with Crippen molar-refractivity contribution in [3.8, 4) is 0 Å². The Balaban J connectivity index is 2.13. The molecule has 0 aliphatic carbocycles. The van der Waals surface area contributed by atoms with Crippen LogP contribution in [-0.2, 0) is 19.4 Å². The Morgan fingerprint density at radius 3 is 2.40 bits per heavy atom. The standard InChI is InChI=1S/C18H26N2O4S/c1-12-6-7-15(13(2)10-12)19-16(21)18(3,4)17(22)20(5)14-8-9-25(23,24)11-14/h6-7,10,14H,8-9,11H2,1-5H3,(H,19,21). The number of nitrogens with zero attached hydrogens (tertiary/aromatic N) is 1. The molecule has 25 heavy (non-hydrogen) atoms. The Morgan fingerprint density at radius 1 is 1.24 bits per heavy atom. The number of nitrogens with one attached hydrogen (secondary N) is 1. The SMILES string of the molecule is Cc1ccc(NC(=O)C(C)(C)C(=O)N(C)C2CCS(=O)(=O)C2)c(C)c1. The summed E-state index contributed by atoms with van der Waals surface area (Å²) in [4.78, 5) is 26.9. The monoisotopic (exact) mass is 366 g/mol. The van der Waals surface area contributed by atoms with Crippen molar-refractivity contribution in [1.29, 1.82) is 0 Å². The fourth-order valence-electron chi connectivity index (χ4n) is 3.02. The minimum atomic E-state index is -3.09. The van der Waals surface area contributed by atoms with Crippen LogP contribution in [-0.4, -0.2) is 49.7 Å². The lowest BCUT2D eigenvalue weighted by atomic mass is 9.89. The van der Waals surface area contributed by atoms with Gasteiger partial charge in [-0.2, -0.15) is 0 Å². The number of carbonyl (C=O) groups excluding carboxylic acids is 2. The summed E-state index contributed by atoms with van der Waals surface area (Å²) in [5, 5.41) is 2.82. The van der Waals surface area contributed by atoms with Gasteiger partial charge in [-0.05, 0) is 45.7 Å². The highest BCUT2D eigenvalue weighted by Crippen LogP contribution is 2.26. The Bertz CT molecular complexity index is 799. The van der Waals surface area contributed by atoms with E-state index >= 15 is 0 Å². The third kappa shape index (κ3) is 4.21. The van der Waals surface area contributed by atoms with E-state index < -0.39 is 21.2 Å². The number of hydrogen-bond acceptors (Lipinski definition) is 4. The number of benzene rings is 1. The van der Waals surface area contributed by atoms with Crippen molar-refractivity contribution < 1.29 is 18.0 Å². The molecule has 0 spiro atoms. The first kappa shape index (κ1) is 19.4. The van der Waals surface area contributed by atoms with Crippen LogP contribution in [0.2, 0.25) is 0 Å². The van der Waals surface area contributed by atoms with Gasteiger partial charge in [0.2, 0.25) is 11.8 Å². The molecule has 2 amide bonds. The highest BCUT2D eigenvalue weighted by atomic mass is 32.2. The highest BCUT2D eigenvalue weighted by molar-refractivity contribution is 7.91. The second-order valence-electron chi connectivity index (χ2n) is 7.37. The van der Waals surface area contributed by atoms with Crippen LogP contribution in [0.5, 0.6) is 0 Å². The van der Waals surface area contributed by atoms with Crippen LogP contribution in [0.3, 0.4) is 0 Å². The number of anilines is 1. The van der Waals surface area contributed by atoms with Crippen molar-refractivity contribution in [3.63, 3.8) is 0 Å². The molecule has 2 rings (SSSR count). The molecule has 0 aromatic heterocycles. The lowest BCUT2D eigenvalue weighted by Gasteiger charge is -2.32. The van der Waals surface area contributed by atoms with Gasteiger partial charge in [0.25, 0.3) is 0 Å². The van der Waals surface area contributed by atoms with Crippen molar-refractivity contribution in [1.82, 2.24) is 4.90 Å². The zero-order chi connectivity index (χ0) is 19.0. The van der Waals surface area contributed by atoms with Gasteiger partial charge in [0.1, 0.15) is 5.41 Å². The molecule has 1 heterocycles. The third-order valence-electron chi connectivity index (χ3n) is 4.81. The van der Waals surface area contributed by atoms with E-state index in [1.807, 2.05) is 32.0 Å². The van der Waals surface area contributed by atoms with Crippen LogP contribution in [0.15, 0.2) is 18.2 Å². The largest absolute Gasteiger partial charge is 0.341 e. The van der Waals surface area contributed by atoms with Crippen LogP contribution >= 0.6 is 0 Å². The van der Waals surface area contributed by atoms with Gasteiger partial charge >= 0.3 is 0 Å². The molecule has 1 saturated heterocycles. The summed E-state index contributed by atoms with van der Waals surface area (Å²) >= 11 is 0. The summed E-state index contributed by atoms with van der Waals surface area (Å²) in [6.07, 6.45) is 0.416. The summed E-state index contributed by atoms with van der Waals surface area (Å²) < 4.78 is 23.3. The summed E-state index contributed by atoms with van der Waals surface area (Å²) in [7, 11) is -1.52. The molecule has 138 valence electrons. The number of sulfone groups is 1. The fourth-order valence-corrected chi connectivity index (χ4v) is 4.79. The predicted molar refractivity (Wildman–Crippen MR) is 98.2 cm³/mol. The summed E-state index contributed by atoms with van der Waals surface area (Å²) in [6, 6.07) is 5.30. The Kier molecular flexibility index (Phi) is 5.27. The van der Waals surface area contributed by atoms with E-state index in [0.717, 1.165) is 11.1 Å². The maximum atomic E-state index is 12.8. The molecule has 1 N–H and O–H groups in total. The lowest BCUT2D eigenvalue weighted by Crippen LogP contribution is -2.49. The predicted octanol–water partition coefficient (Wildman–Crippen LogP) is 1.91. The van der Waals surface area contributed by atoms with Crippen LogP contribution in [0.4, 0.5) is 5.69 Å². The maximum Gasteiger partial charge on any atom is 0.239 e. The molecule has 1 aromatic rings. The average Bonchev–Trinajstić information content (AvgIpc) is 2.88. The quantitative estimate of drug-likeness (QED) is 0.825. The highest BCUT2D eigenvalue weighted by Gasteiger charge is 2.42. The number of carbonyl (C=O) groups is 2.